The van der Waals surface area contributed by atoms with Crippen LogP contribution >= 0.6 is 0 Å². The van der Waals surface area contributed by atoms with Gasteiger partial charge in [-0.05, 0) is 44.5 Å². The van der Waals surface area contributed by atoms with Crippen LogP contribution in [-0.4, -0.2) is 38.1 Å². The summed E-state index contributed by atoms with van der Waals surface area (Å²) >= 11 is 0. The third-order valence-electron chi connectivity index (χ3n) is 4.29. The second-order valence-corrected chi connectivity index (χ2v) is 7.94. The van der Waals surface area contributed by atoms with E-state index in [2.05, 4.69) is 5.32 Å². The van der Waals surface area contributed by atoms with E-state index >= 15 is 0 Å². The molecule has 7 nitrogen and oxygen atoms in total. The largest absolute Gasteiger partial charge is 0.506 e. The number of nitrogens with zero attached hydrogens (tertiary/aromatic N) is 1. The first kappa shape index (κ1) is 16.7. The number of hydrogen-bond acceptors (Lipinski definition) is 5. The Morgan fingerprint density at radius 3 is 2.62 bits per heavy atom. The first-order valence-corrected chi connectivity index (χ1v) is 8.87. The van der Waals surface area contributed by atoms with E-state index in [-0.39, 0.29) is 11.1 Å². The first-order chi connectivity index (χ1) is 11.1. The molecule has 0 spiro atoms. The molecule has 9 heteroatoms. The van der Waals surface area contributed by atoms with Crippen molar-refractivity contribution in [1.82, 2.24) is 10.0 Å². The quantitative estimate of drug-likeness (QED) is 0.731. The minimum atomic E-state index is -4.20. The van der Waals surface area contributed by atoms with Gasteiger partial charge >= 0.3 is 10.2 Å². The molecule has 2 aliphatic rings. The number of amides is 1. The average molecular weight is 355 g/mol. The predicted octanol–water partition coefficient (Wildman–Crippen LogP) is 0.868. The molecule has 3 rings (SSSR count). The lowest BCUT2D eigenvalue weighted by molar-refractivity contribution is -0.117. The fourth-order valence-electron chi connectivity index (χ4n) is 2.94. The van der Waals surface area contributed by atoms with Crippen molar-refractivity contribution in [3.05, 3.63) is 29.1 Å². The molecule has 0 bridgehead atoms. The highest BCUT2D eigenvalue weighted by atomic mass is 32.2. The molecule has 2 saturated heterocycles. The Balaban J connectivity index is 2.10. The van der Waals surface area contributed by atoms with Crippen LogP contribution in [-0.2, 0) is 15.0 Å². The van der Waals surface area contributed by atoms with E-state index in [1.54, 1.807) is 10.8 Å². The Labute approximate surface area is 139 Å². The van der Waals surface area contributed by atoms with Crippen LogP contribution in [0.2, 0.25) is 0 Å². The van der Waals surface area contributed by atoms with Crippen molar-refractivity contribution in [1.29, 1.82) is 0 Å². The molecule has 24 heavy (non-hydrogen) atoms. The van der Waals surface area contributed by atoms with Crippen LogP contribution in [0.15, 0.2) is 17.7 Å². The highest BCUT2D eigenvalue weighted by Crippen LogP contribution is 2.37. The number of phenols is 1. The molecule has 2 aliphatic heterocycles. The molecular weight excluding hydrogens is 337 g/mol. The van der Waals surface area contributed by atoms with Gasteiger partial charge in [0.25, 0.3) is 5.91 Å². The van der Waals surface area contributed by atoms with Crippen LogP contribution in [0.4, 0.5) is 10.1 Å². The van der Waals surface area contributed by atoms with E-state index in [1.807, 2.05) is 13.8 Å². The summed E-state index contributed by atoms with van der Waals surface area (Å²) in [5.41, 5.74) is 0.314. The van der Waals surface area contributed by atoms with E-state index in [9.17, 15) is 22.7 Å². The summed E-state index contributed by atoms with van der Waals surface area (Å²) in [5.74, 6) is -2.21. The zero-order valence-electron chi connectivity index (χ0n) is 13.3. The fraction of sp³-hybridized carbons (Fsp3) is 0.400. The lowest BCUT2D eigenvalue weighted by atomic mass is 9.94. The number of halogens is 1. The zero-order valence-corrected chi connectivity index (χ0v) is 14.1. The standard InChI is InChI=1S/C15H18FN3O4S/c1-15(2)10(5-6-17-15)7-9-3-4-11(20)14(13(9)16)19-8-12(21)18-24(19,22)23/h3-4,7,17,20H,5-6,8H2,1-2H3,(H,18,21)/b10-7-. The van der Waals surface area contributed by atoms with Gasteiger partial charge in [-0.25, -0.2) is 13.4 Å². The van der Waals surface area contributed by atoms with Gasteiger partial charge in [-0.15, -0.1) is 0 Å². The number of aromatic hydroxyl groups is 1. The summed E-state index contributed by atoms with van der Waals surface area (Å²) in [6.07, 6.45) is 2.39. The summed E-state index contributed by atoms with van der Waals surface area (Å²) in [5, 5.41) is 13.2. The van der Waals surface area contributed by atoms with Crippen LogP contribution < -0.4 is 14.3 Å². The number of rotatable bonds is 2. The molecule has 0 atom stereocenters. The van der Waals surface area contributed by atoms with Crippen LogP contribution in [0.3, 0.4) is 0 Å². The van der Waals surface area contributed by atoms with E-state index < -0.39 is 39.9 Å². The van der Waals surface area contributed by atoms with Crippen molar-refractivity contribution in [2.75, 3.05) is 17.4 Å². The highest BCUT2D eigenvalue weighted by Gasteiger charge is 2.38. The average Bonchev–Trinajstić information content (AvgIpc) is 2.92. The van der Waals surface area contributed by atoms with Crippen LogP contribution in [0.5, 0.6) is 5.75 Å². The number of anilines is 1. The second kappa shape index (κ2) is 5.45. The molecule has 1 amide bonds. The maximum Gasteiger partial charge on any atom is 0.326 e. The molecule has 130 valence electrons. The zero-order chi connectivity index (χ0) is 17.7. The van der Waals surface area contributed by atoms with Crippen LogP contribution in [0.1, 0.15) is 25.8 Å². The Morgan fingerprint density at radius 2 is 2.08 bits per heavy atom. The molecule has 0 aliphatic carbocycles. The van der Waals surface area contributed by atoms with Gasteiger partial charge in [0.2, 0.25) is 0 Å². The normalized spacial score (nSPS) is 23.7. The summed E-state index contributed by atoms with van der Waals surface area (Å²) < 4.78 is 41.0. The van der Waals surface area contributed by atoms with Gasteiger partial charge in [-0.2, -0.15) is 8.42 Å². The van der Waals surface area contributed by atoms with Gasteiger partial charge in [-0.1, -0.05) is 6.08 Å². The Bertz CT molecular complexity index is 849. The monoisotopic (exact) mass is 355 g/mol. The SMILES string of the molecule is CC1(C)NCC/C1=C/c1ccc(O)c(N2CC(=O)NS2(=O)=O)c1F. The fourth-order valence-corrected chi connectivity index (χ4v) is 4.10. The maximum absolute atomic E-state index is 14.9. The molecule has 0 aromatic heterocycles. The summed E-state index contributed by atoms with van der Waals surface area (Å²) in [7, 11) is -4.20. The minimum absolute atomic E-state index is 0.157. The van der Waals surface area contributed by atoms with Gasteiger partial charge < -0.3 is 10.4 Å². The molecule has 0 unspecified atom stereocenters. The molecule has 0 radical (unpaired) electrons. The number of benzene rings is 1. The van der Waals surface area contributed by atoms with Crippen LogP contribution in [0.25, 0.3) is 6.08 Å². The summed E-state index contributed by atoms with van der Waals surface area (Å²) in [4.78, 5) is 11.4. The number of hydrogen-bond donors (Lipinski definition) is 3. The molecular formula is C15H18FN3O4S. The van der Waals surface area contributed by atoms with Crippen molar-refractivity contribution in [2.24, 2.45) is 0 Å². The van der Waals surface area contributed by atoms with Crippen molar-refractivity contribution in [3.8, 4) is 5.75 Å². The molecule has 1 aromatic carbocycles. The lowest BCUT2D eigenvalue weighted by Gasteiger charge is -2.21. The summed E-state index contributed by atoms with van der Waals surface area (Å²) in [6, 6.07) is 2.60. The van der Waals surface area contributed by atoms with Crippen LogP contribution in [0, 0.1) is 5.82 Å². The van der Waals surface area contributed by atoms with E-state index in [1.165, 1.54) is 12.1 Å². The highest BCUT2D eigenvalue weighted by molar-refractivity contribution is 7.92. The van der Waals surface area contributed by atoms with Crippen molar-refractivity contribution >= 4 is 27.9 Å². The van der Waals surface area contributed by atoms with Crippen molar-refractivity contribution < 1.29 is 22.7 Å². The van der Waals surface area contributed by atoms with E-state index in [4.69, 9.17) is 0 Å². The number of carbonyl (C=O) groups is 1. The topological polar surface area (TPSA) is 98.7 Å². The number of phenolic OH excluding ortho intramolecular Hbond substituents is 1. The van der Waals surface area contributed by atoms with Gasteiger partial charge in [0.15, 0.2) is 5.82 Å². The smallest absolute Gasteiger partial charge is 0.326 e. The lowest BCUT2D eigenvalue weighted by Crippen LogP contribution is -2.33. The third-order valence-corrected chi connectivity index (χ3v) is 5.67. The van der Waals surface area contributed by atoms with Gasteiger partial charge in [0.1, 0.15) is 18.0 Å². The number of carbonyl (C=O) groups excluding carboxylic acids is 1. The minimum Gasteiger partial charge on any atom is -0.506 e. The van der Waals surface area contributed by atoms with Gasteiger partial charge in [0.05, 0.1) is 0 Å². The van der Waals surface area contributed by atoms with Crippen molar-refractivity contribution in [2.45, 2.75) is 25.8 Å². The molecule has 2 heterocycles. The van der Waals surface area contributed by atoms with Gasteiger partial charge in [-0.3, -0.25) is 4.79 Å². The Morgan fingerprint density at radius 1 is 1.38 bits per heavy atom. The first-order valence-electron chi connectivity index (χ1n) is 7.43. The third kappa shape index (κ3) is 2.73. The molecule has 0 saturated carbocycles. The van der Waals surface area contributed by atoms with Crippen molar-refractivity contribution in [3.63, 3.8) is 0 Å². The van der Waals surface area contributed by atoms with Gasteiger partial charge in [0, 0.05) is 11.1 Å². The Hall–Kier alpha value is -2.13. The molecule has 2 fully saturated rings. The maximum atomic E-state index is 14.9. The van der Waals surface area contributed by atoms with E-state index in [0.717, 1.165) is 18.5 Å². The van der Waals surface area contributed by atoms with E-state index in [0.29, 0.717) is 4.31 Å². The molecule has 1 aromatic rings. The second-order valence-electron chi connectivity index (χ2n) is 6.34. The number of nitrogens with one attached hydrogen (secondary N) is 2. The predicted molar refractivity (Wildman–Crippen MR) is 87.1 cm³/mol. The summed E-state index contributed by atoms with van der Waals surface area (Å²) in [6.45, 7) is 4.14. The molecule has 3 N–H and O–H groups in total. The Kier molecular flexibility index (Phi) is 3.80.